The number of allylic oxidation sites excluding steroid dienone is 4. The van der Waals surface area contributed by atoms with Gasteiger partial charge in [-0.15, -0.1) is 0 Å². The van der Waals surface area contributed by atoms with Crippen molar-refractivity contribution in [1.29, 1.82) is 0 Å². The van der Waals surface area contributed by atoms with Crippen molar-refractivity contribution in [3.63, 3.8) is 0 Å². The van der Waals surface area contributed by atoms with E-state index in [0.29, 0.717) is 0 Å². The molecule has 300 valence electrons. The Balaban J connectivity index is 1.42. The van der Waals surface area contributed by atoms with E-state index >= 15 is 0 Å². The molecule has 2 aliphatic carbocycles. The smallest absolute Gasteiger partial charge is 0.307 e. The molecule has 0 fully saturated rings. The molecular formula is C50H41Cl4N3O2Si. The number of phenolic OH excluding ortho intramolecular Hbond substituents is 1. The second-order valence-electron chi connectivity index (χ2n) is 16.4. The highest BCUT2D eigenvalue weighted by Gasteiger charge is 2.47. The lowest BCUT2D eigenvalue weighted by molar-refractivity contribution is 0.443. The summed E-state index contributed by atoms with van der Waals surface area (Å²) < 4.78 is 7.46. The molecule has 0 saturated heterocycles. The Kier molecular flexibility index (Phi) is 9.47. The molecule has 0 saturated carbocycles. The summed E-state index contributed by atoms with van der Waals surface area (Å²) >= 11 is 27.1. The minimum Gasteiger partial charge on any atom is -0.534 e. The number of halogens is 4. The minimum absolute atomic E-state index is 0.00243. The van der Waals surface area contributed by atoms with Crippen LogP contribution in [0.4, 0.5) is 39.8 Å². The van der Waals surface area contributed by atoms with E-state index in [-0.39, 0.29) is 37.5 Å². The van der Waals surface area contributed by atoms with Gasteiger partial charge in [-0.1, -0.05) is 124 Å². The van der Waals surface area contributed by atoms with Crippen molar-refractivity contribution in [3.8, 4) is 11.5 Å². The third kappa shape index (κ3) is 5.94. The van der Waals surface area contributed by atoms with E-state index in [4.69, 9.17) is 50.8 Å². The Morgan fingerprint density at radius 2 is 1.12 bits per heavy atom. The minimum atomic E-state index is -3.10. The van der Waals surface area contributed by atoms with Gasteiger partial charge in [-0.25, -0.2) is 0 Å². The SMILES string of the molecule is Cc1ccc(N2C3=CC=C4CC3=C(C4C)N(c3ccc(C)cc3)c3c(C)ccc4c3[Si@@H](Oc3c(O)c(Cl)c(Cl)c(Cl)c3Cl)c3c2cc(C)cc3N4c2ccc(C)cc2)cc1. The summed E-state index contributed by atoms with van der Waals surface area (Å²) in [6.45, 7) is 13.0. The number of benzene rings is 6. The Bertz CT molecular complexity index is 2880. The molecule has 4 bridgehead atoms. The van der Waals surface area contributed by atoms with Crippen LogP contribution in [-0.2, 0) is 0 Å². The third-order valence-corrected chi connectivity index (χ3v) is 16.8. The van der Waals surface area contributed by atoms with Crippen molar-refractivity contribution < 1.29 is 9.53 Å². The van der Waals surface area contributed by atoms with Crippen LogP contribution in [0.1, 0.15) is 41.2 Å². The number of hydrogen-bond donors (Lipinski definition) is 1. The van der Waals surface area contributed by atoms with Gasteiger partial charge in [-0.2, -0.15) is 0 Å². The molecule has 6 aromatic carbocycles. The summed E-state index contributed by atoms with van der Waals surface area (Å²) in [6.07, 6.45) is 5.45. The van der Waals surface area contributed by atoms with Gasteiger partial charge in [0.15, 0.2) is 11.5 Å². The average molecular weight is 886 g/mol. The number of hydrogen-bond acceptors (Lipinski definition) is 5. The highest BCUT2D eigenvalue weighted by Crippen LogP contribution is 2.55. The second kappa shape index (κ2) is 14.5. The predicted molar refractivity (Wildman–Crippen MR) is 254 cm³/mol. The highest BCUT2D eigenvalue weighted by molar-refractivity contribution is 6.86. The monoisotopic (exact) mass is 883 g/mol. The summed E-state index contributed by atoms with van der Waals surface area (Å²) in [5.74, 6) is -0.246. The third-order valence-electron chi connectivity index (χ3n) is 12.4. The zero-order valence-electron chi connectivity index (χ0n) is 34.0. The highest BCUT2D eigenvalue weighted by atomic mass is 35.5. The summed E-state index contributed by atoms with van der Waals surface area (Å²) in [5, 5.41) is 13.7. The first-order valence-corrected chi connectivity index (χ1v) is 23.2. The molecule has 0 aromatic heterocycles. The predicted octanol–water partition coefficient (Wildman–Crippen LogP) is 13.7. The van der Waals surface area contributed by atoms with Gasteiger partial charge in [-0.3, -0.25) is 0 Å². The molecular weight excluding hydrogens is 844 g/mol. The Hall–Kier alpha value is -5.08. The molecule has 0 spiro atoms. The van der Waals surface area contributed by atoms with Gasteiger partial charge in [0.2, 0.25) is 0 Å². The van der Waals surface area contributed by atoms with E-state index in [1.165, 1.54) is 33.5 Å². The Morgan fingerprint density at radius 1 is 0.583 bits per heavy atom. The lowest BCUT2D eigenvalue weighted by Gasteiger charge is -2.44. The number of aromatic hydroxyl groups is 1. The number of rotatable bonds is 5. The molecule has 0 radical (unpaired) electrons. The zero-order chi connectivity index (χ0) is 41.9. The largest absolute Gasteiger partial charge is 0.534 e. The van der Waals surface area contributed by atoms with Crippen molar-refractivity contribution in [2.45, 2.75) is 48.0 Å². The van der Waals surface area contributed by atoms with E-state index in [9.17, 15) is 5.11 Å². The number of anilines is 7. The van der Waals surface area contributed by atoms with E-state index in [0.717, 1.165) is 73.4 Å². The number of fused-ring (bicyclic) bond motifs is 1. The van der Waals surface area contributed by atoms with Crippen molar-refractivity contribution in [1.82, 2.24) is 0 Å². The Morgan fingerprint density at radius 3 is 1.72 bits per heavy atom. The summed E-state index contributed by atoms with van der Waals surface area (Å²) in [5.41, 5.74) is 17.7. The number of aryl methyl sites for hydroxylation is 5. The molecule has 10 heteroatoms. The standard InChI is InChI=1S/C50H41Cl4N3O2Si/c1-26-7-15-33(16-8-26)55-37-22-14-32-25-36(37)46(31(32)6)57(35-19-11-28(3)12-20-35)45-30(5)13-21-38-50(45)60(59-48-44(54)42(52)41(51)43(53)47(48)58)49-39(55)23-29(4)24-40(49)56(38)34-17-9-27(2)10-18-34/h7-24,31,58,60H,25H2,1-6H3/t31?,60-/m0/s1. The maximum atomic E-state index is 11.8. The second-order valence-corrected chi connectivity index (χ2v) is 20.0. The van der Waals surface area contributed by atoms with Crippen LogP contribution in [0.3, 0.4) is 0 Å². The maximum absolute atomic E-state index is 11.8. The van der Waals surface area contributed by atoms with Gasteiger partial charge in [0, 0.05) is 44.6 Å². The Labute approximate surface area is 372 Å². The first kappa shape index (κ1) is 39.1. The molecule has 2 heterocycles. The quantitative estimate of drug-likeness (QED) is 0.106. The lowest BCUT2D eigenvalue weighted by atomic mass is 9.98. The average Bonchev–Trinajstić information content (AvgIpc) is 3.49. The topological polar surface area (TPSA) is 39.2 Å². The van der Waals surface area contributed by atoms with Crippen LogP contribution < -0.4 is 29.5 Å². The fraction of sp³-hybridized carbons (Fsp3) is 0.160. The van der Waals surface area contributed by atoms with E-state index < -0.39 is 9.04 Å². The van der Waals surface area contributed by atoms with Gasteiger partial charge >= 0.3 is 9.04 Å². The molecule has 2 aliphatic heterocycles. The molecule has 6 aromatic rings. The lowest BCUT2D eigenvalue weighted by Crippen LogP contribution is -2.57. The maximum Gasteiger partial charge on any atom is 0.307 e. The van der Waals surface area contributed by atoms with E-state index in [2.05, 4.69) is 165 Å². The molecule has 60 heavy (non-hydrogen) atoms. The van der Waals surface area contributed by atoms with Crippen LogP contribution in [0, 0.1) is 40.5 Å². The van der Waals surface area contributed by atoms with Gasteiger partial charge in [0.05, 0.1) is 38.5 Å². The molecule has 1 N–H and O–H groups in total. The number of nitrogens with zero attached hydrogens (tertiary/aromatic N) is 3. The van der Waals surface area contributed by atoms with Crippen LogP contribution in [0.25, 0.3) is 0 Å². The summed E-state index contributed by atoms with van der Waals surface area (Å²) in [6, 6.07) is 35.2. The fourth-order valence-electron chi connectivity index (χ4n) is 9.36. The normalized spacial score (nSPS) is 17.5. The van der Waals surface area contributed by atoms with Crippen LogP contribution in [0.15, 0.2) is 132 Å². The molecule has 5 nitrogen and oxygen atoms in total. The van der Waals surface area contributed by atoms with Crippen LogP contribution in [-0.4, -0.2) is 14.1 Å². The van der Waals surface area contributed by atoms with E-state index in [1.807, 2.05) is 0 Å². The molecule has 1 unspecified atom stereocenters. The first-order valence-electron chi connectivity index (χ1n) is 20.1. The van der Waals surface area contributed by atoms with Crippen molar-refractivity contribution >= 4 is 106 Å². The first-order chi connectivity index (χ1) is 28.8. The molecule has 10 rings (SSSR count). The fourth-order valence-corrected chi connectivity index (χ4v) is 13.4. The zero-order valence-corrected chi connectivity index (χ0v) is 38.1. The summed E-state index contributed by atoms with van der Waals surface area (Å²) in [7, 11) is -3.10. The van der Waals surface area contributed by atoms with Gasteiger partial charge in [-0.05, 0) is 113 Å². The molecule has 0 amide bonds. The molecule has 2 atom stereocenters. The van der Waals surface area contributed by atoms with Crippen molar-refractivity contribution in [3.05, 3.63) is 180 Å². The van der Waals surface area contributed by atoms with Gasteiger partial charge in [0.1, 0.15) is 10.0 Å². The van der Waals surface area contributed by atoms with Crippen molar-refractivity contribution in [2.75, 3.05) is 14.7 Å². The number of phenols is 1. The van der Waals surface area contributed by atoms with Crippen LogP contribution in [0.2, 0.25) is 20.1 Å². The summed E-state index contributed by atoms with van der Waals surface area (Å²) in [4.78, 5) is 7.29. The van der Waals surface area contributed by atoms with Gasteiger partial charge in [0.25, 0.3) is 0 Å². The van der Waals surface area contributed by atoms with E-state index in [1.54, 1.807) is 0 Å². The molecule has 4 aliphatic rings. The van der Waals surface area contributed by atoms with Gasteiger partial charge < -0.3 is 24.2 Å². The van der Waals surface area contributed by atoms with Crippen molar-refractivity contribution in [2.24, 2.45) is 5.92 Å². The van der Waals surface area contributed by atoms with Crippen LogP contribution in [0.5, 0.6) is 11.5 Å². The van der Waals surface area contributed by atoms with Crippen LogP contribution >= 0.6 is 46.4 Å².